The zero-order chi connectivity index (χ0) is 19.6. The number of nitrogens with two attached hydrogens (primary N) is 1. The zero-order valence-corrected chi connectivity index (χ0v) is 13.8. The summed E-state index contributed by atoms with van der Waals surface area (Å²) in [5.41, 5.74) is 4.44. The van der Waals surface area contributed by atoms with Crippen LogP contribution < -0.4 is 21.7 Å². The maximum atomic E-state index is 12.5. The van der Waals surface area contributed by atoms with E-state index in [1.807, 2.05) is 0 Å². The van der Waals surface area contributed by atoms with Crippen LogP contribution in [-0.4, -0.2) is 27.6 Å². The second kappa shape index (κ2) is 7.08. The van der Waals surface area contributed by atoms with Crippen LogP contribution in [-0.2, 0) is 11.3 Å². The molecule has 0 aliphatic heterocycles. The second-order valence-corrected chi connectivity index (χ2v) is 5.60. The number of carboxylic acid groups (broad SMARTS) is 1. The summed E-state index contributed by atoms with van der Waals surface area (Å²) >= 11 is 0. The molecule has 3 aromatic rings. The lowest BCUT2D eigenvalue weighted by Gasteiger charge is -2.12. The van der Waals surface area contributed by atoms with E-state index < -0.39 is 35.6 Å². The van der Waals surface area contributed by atoms with E-state index in [9.17, 15) is 24.3 Å². The standard InChI is InChI=1S/C18H14N4O5/c19-16(24)12-7-3-4-8-13(12)20-14(23)9-22-17(25)11-6-2-1-5-10(11)15(21-22)18(26)27/h1-8H,9H2,(H2,19,24)(H,20,23)(H,26,27)/p-1. The van der Waals surface area contributed by atoms with Gasteiger partial charge in [-0.05, 0) is 18.2 Å². The molecule has 0 atom stereocenters. The van der Waals surface area contributed by atoms with Gasteiger partial charge in [-0.3, -0.25) is 14.4 Å². The number of benzene rings is 2. The van der Waals surface area contributed by atoms with Gasteiger partial charge in [0.15, 0.2) is 0 Å². The molecule has 1 heterocycles. The molecule has 3 N–H and O–H groups in total. The highest BCUT2D eigenvalue weighted by atomic mass is 16.4. The van der Waals surface area contributed by atoms with Gasteiger partial charge in [0.25, 0.3) is 11.5 Å². The van der Waals surface area contributed by atoms with Gasteiger partial charge in [0.1, 0.15) is 12.2 Å². The number of primary amides is 1. The quantitative estimate of drug-likeness (QED) is 0.623. The summed E-state index contributed by atoms with van der Waals surface area (Å²) < 4.78 is 0.732. The molecule has 136 valence electrons. The third-order valence-electron chi connectivity index (χ3n) is 3.82. The zero-order valence-electron chi connectivity index (χ0n) is 13.8. The molecule has 2 aromatic carbocycles. The fourth-order valence-corrected chi connectivity index (χ4v) is 2.63. The van der Waals surface area contributed by atoms with Gasteiger partial charge in [0, 0.05) is 5.39 Å². The van der Waals surface area contributed by atoms with E-state index in [0.29, 0.717) is 0 Å². The van der Waals surface area contributed by atoms with Crippen molar-refractivity contribution in [3.05, 3.63) is 70.1 Å². The molecule has 0 saturated heterocycles. The van der Waals surface area contributed by atoms with Crippen LogP contribution in [0.4, 0.5) is 5.69 Å². The number of carboxylic acids is 1. The first kappa shape index (κ1) is 17.8. The number of nitrogens with one attached hydrogen (secondary N) is 1. The molecular formula is C18H13N4O5-. The minimum atomic E-state index is -1.57. The molecule has 0 radical (unpaired) electrons. The number of aromatic carboxylic acids is 1. The third kappa shape index (κ3) is 3.52. The predicted molar refractivity (Wildman–Crippen MR) is 93.9 cm³/mol. The van der Waals surface area contributed by atoms with Gasteiger partial charge >= 0.3 is 0 Å². The molecule has 0 bridgehead atoms. The predicted octanol–water partition coefficient (Wildman–Crippen LogP) is -0.502. The van der Waals surface area contributed by atoms with Crippen molar-refractivity contribution < 1.29 is 19.5 Å². The van der Waals surface area contributed by atoms with E-state index in [1.165, 1.54) is 24.3 Å². The molecule has 9 nitrogen and oxygen atoms in total. The van der Waals surface area contributed by atoms with Gasteiger partial charge < -0.3 is 21.0 Å². The van der Waals surface area contributed by atoms with Crippen molar-refractivity contribution in [1.29, 1.82) is 0 Å². The van der Waals surface area contributed by atoms with Gasteiger partial charge in [-0.15, -0.1) is 0 Å². The number of hydrogen-bond acceptors (Lipinski definition) is 6. The molecule has 0 aliphatic rings. The topological polar surface area (TPSA) is 147 Å². The number of fused-ring (bicyclic) bond motifs is 1. The first-order valence-electron chi connectivity index (χ1n) is 7.78. The lowest BCUT2D eigenvalue weighted by molar-refractivity contribution is -0.255. The van der Waals surface area contributed by atoms with Gasteiger partial charge in [-0.2, -0.15) is 5.10 Å². The Labute approximate surface area is 152 Å². The number of para-hydroxylation sites is 1. The first-order valence-corrected chi connectivity index (χ1v) is 7.78. The first-order chi connectivity index (χ1) is 12.9. The van der Waals surface area contributed by atoms with E-state index in [2.05, 4.69) is 10.4 Å². The number of nitrogens with zero attached hydrogens (tertiary/aromatic N) is 2. The summed E-state index contributed by atoms with van der Waals surface area (Å²) in [6.45, 7) is -0.558. The Bertz CT molecular complexity index is 1140. The summed E-state index contributed by atoms with van der Waals surface area (Å²) in [6, 6.07) is 12.1. The minimum Gasteiger partial charge on any atom is -0.543 e. The number of carbonyl (C=O) groups excluding carboxylic acids is 3. The van der Waals surface area contributed by atoms with Crippen molar-refractivity contribution in [3.8, 4) is 0 Å². The van der Waals surface area contributed by atoms with Crippen LogP contribution in [0.3, 0.4) is 0 Å². The Morgan fingerprint density at radius 1 is 1.04 bits per heavy atom. The van der Waals surface area contributed by atoms with Crippen molar-refractivity contribution in [2.75, 3.05) is 5.32 Å². The number of hydrogen-bond donors (Lipinski definition) is 2. The lowest BCUT2D eigenvalue weighted by atomic mass is 10.1. The van der Waals surface area contributed by atoms with Crippen molar-refractivity contribution in [1.82, 2.24) is 9.78 Å². The van der Waals surface area contributed by atoms with Crippen LogP contribution in [0.2, 0.25) is 0 Å². The van der Waals surface area contributed by atoms with Gasteiger partial charge in [0.2, 0.25) is 5.91 Å². The highest BCUT2D eigenvalue weighted by Gasteiger charge is 2.15. The summed E-state index contributed by atoms with van der Waals surface area (Å²) in [5, 5.41) is 17.7. The van der Waals surface area contributed by atoms with Crippen molar-refractivity contribution in [2.24, 2.45) is 5.73 Å². The number of anilines is 1. The van der Waals surface area contributed by atoms with Gasteiger partial charge in [0.05, 0.1) is 22.6 Å². The van der Waals surface area contributed by atoms with Crippen molar-refractivity contribution in [2.45, 2.75) is 6.54 Å². The summed E-state index contributed by atoms with van der Waals surface area (Å²) in [5.74, 6) is -2.98. The number of aromatic nitrogens is 2. The maximum absolute atomic E-state index is 12.5. The molecule has 0 aliphatic carbocycles. The number of rotatable bonds is 5. The van der Waals surface area contributed by atoms with Crippen molar-refractivity contribution in [3.63, 3.8) is 0 Å². The molecule has 0 unspecified atom stereocenters. The molecule has 0 spiro atoms. The third-order valence-corrected chi connectivity index (χ3v) is 3.82. The van der Waals surface area contributed by atoms with E-state index in [1.54, 1.807) is 24.3 Å². The number of amides is 2. The van der Waals surface area contributed by atoms with Gasteiger partial charge in [-0.1, -0.05) is 30.3 Å². The minimum absolute atomic E-state index is 0.0945. The average Bonchev–Trinajstić information content (AvgIpc) is 2.64. The Balaban J connectivity index is 1.97. The average molecular weight is 365 g/mol. The molecular weight excluding hydrogens is 352 g/mol. The summed E-state index contributed by atoms with van der Waals surface area (Å²) in [6.07, 6.45) is 0. The lowest BCUT2D eigenvalue weighted by Crippen LogP contribution is -2.34. The van der Waals surface area contributed by atoms with Gasteiger partial charge in [-0.25, -0.2) is 4.68 Å². The molecule has 0 saturated carbocycles. The molecule has 0 fully saturated rings. The van der Waals surface area contributed by atoms with Crippen LogP contribution in [0.25, 0.3) is 10.8 Å². The Hall–Kier alpha value is -4.01. The van der Waals surface area contributed by atoms with Crippen LogP contribution >= 0.6 is 0 Å². The van der Waals surface area contributed by atoms with E-state index in [4.69, 9.17) is 5.73 Å². The Morgan fingerprint density at radius 2 is 1.67 bits per heavy atom. The SMILES string of the molecule is NC(=O)c1ccccc1NC(=O)Cn1nc(C(=O)[O-])c2ccccc2c1=O. The highest BCUT2D eigenvalue weighted by Crippen LogP contribution is 2.15. The summed E-state index contributed by atoms with van der Waals surface area (Å²) in [7, 11) is 0. The van der Waals surface area contributed by atoms with Crippen LogP contribution in [0.1, 0.15) is 20.8 Å². The molecule has 27 heavy (non-hydrogen) atoms. The largest absolute Gasteiger partial charge is 0.543 e. The fourth-order valence-electron chi connectivity index (χ4n) is 2.63. The highest BCUT2D eigenvalue weighted by molar-refractivity contribution is 6.03. The van der Waals surface area contributed by atoms with Crippen LogP contribution in [0.15, 0.2) is 53.3 Å². The molecule has 3 rings (SSSR count). The monoisotopic (exact) mass is 365 g/mol. The Kier molecular flexibility index (Phi) is 4.67. The fraction of sp³-hybridized carbons (Fsp3) is 0.0556. The normalized spacial score (nSPS) is 10.5. The smallest absolute Gasteiger partial charge is 0.275 e. The molecule has 9 heteroatoms. The Morgan fingerprint density at radius 3 is 2.33 bits per heavy atom. The van der Waals surface area contributed by atoms with Crippen LogP contribution in [0.5, 0.6) is 0 Å². The van der Waals surface area contributed by atoms with E-state index in [-0.39, 0.29) is 22.0 Å². The number of carbonyl (C=O) groups is 3. The van der Waals surface area contributed by atoms with Crippen LogP contribution in [0, 0.1) is 0 Å². The van der Waals surface area contributed by atoms with Crippen molar-refractivity contribution >= 4 is 34.2 Å². The second-order valence-electron chi connectivity index (χ2n) is 5.60. The molecule has 1 aromatic heterocycles. The summed E-state index contributed by atoms with van der Waals surface area (Å²) in [4.78, 5) is 47.5. The van der Waals surface area contributed by atoms with E-state index >= 15 is 0 Å². The molecule has 2 amide bonds. The van der Waals surface area contributed by atoms with E-state index in [0.717, 1.165) is 4.68 Å². The maximum Gasteiger partial charge on any atom is 0.275 e.